The Labute approximate surface area is 127 Å². The van der Waals surface area contributed by atoms with Gasteiger partial charge in [-0.3, -0.25) is 0 Å². The summed E-state index contributed by atoms with van der Waals surface area (Å²) in [7, 11) is 0. The Balaban J connectivity index is 4.10. The molecule has 0 heterocycles. The Bertz CT molecular complexity index is 203. The summed E-state index contributed by atoms with van der Waals surface area (Å²) in [6, 6.07) is 0.590. The molecule has 1 unspecified atom stereocenters. The van der Waals surface area contributed by atoms with Gasteiger partial charge in [0.25, 0.3) is 0 Å². The van der Waals surface area contributed by atoms with E-state index >= 15 is 0 Å². The van der Waals surface area contributed by atoms with Gasteiger partial charge in [0, 0.05) is 12.6 Å². The van der Waals surface area contributed by atoms with Crippen LogP contribution >= 0.6 is 0 Å². The third-order valence-corrected chi connectivity index (χ3v) is 3.93. The van der Waals surface area contributed by atoms with E-state index in [1.807, 2.05) is 6.92 Å². The average Bonchev–Trinajstić information content (AvgIpc) is 2.34. The summed E-state index contributed by atoms with van der Waals surface area (Å²) >= 11 is 0. The van der Waals surface area contributed by atoms with E-state index < -0.39 is 5.60 Å². The molecule has 0 saturated carbocycles. The second-order valence-electron chi connectivity index (χ2n) is 7.16. The van der Waals surface area contributed by atoms with Crippen LogP contribution in [0.2, 0.25) is 0 Å². The highest BCUT2D eigenvalue weighted by molar-refractivity contribution is 4.79. The Morgan fingerprint density at radius 3 is 1.85 bits per heavy atom. The summed E-state index contributed by atoms with van der Waals surface area (Å²) in [6.45, 7) is 11.6. The van der Waals surface area contributed by atoms with Gasteiger partial charge in [0.15, 0.2) is 0 Å². The maximum absolute atomic E-state index is 10.4. The molecule has 0 amide bonds. The number of unbranched alkanes of at least 4 members (excludes halogenated alkanes) is 4. The number of hydrogen-bond acceptors (Lipinski definition) is 2. The SMILES string of the molecule is CCCCCC(CCCCC)NCC(C)(O)CC(C)C. The summed E-state index contributed by atoms with van der Waals surface area (Å²) in [5.41, 5.74) is -0.568. The third kappa shape index (κ3) is 11.7. The summed E-state index contributed by atoms with van der Waals surface area (Å²) in [4.78, 5) is 0. The van der Waals surface area contributed by atoms with E-state index in [1.165, 1.54) is 51.4 Å². The summed E-state index contributed by atoms with van der Waals surface area (Å²) in [5.74, 6) is 0.547. The summed E-state index contributed by atoms with van der Waals surface area (Å²) in [6.07, 6.45) is 11.2. The van der Waals surface area contributed by atoms with Crippen molar-refractivity contribution >= 4 is 0 Å². The molecule has 0 aliphatic rings. The van der Waals surface area contributed by atoms with Crippen LogP contribution in [0, 0.1) is 5.92 Å². The smallest absolute Gasteiger partial charge is 0.0746 e. The highest BCUT2D eigenvalue weighted by Gasteiger charge is 2.22. The standard InChI is InChI=1S/C18H39NO/c1-6-8-10-12-17(13-11-9-7-2)19-15-18(5,20)14-16(3)4/h16-17,19-20H,6-15H2,1-5H3. The molecular formula is C18H39NO. The predicted octanol–water partition coefficient (Wildman–Crippen LogP) is 4.90. The van der Waals surface area contributed by atoms with E-state index in [-0.39, 0.29) is 0 Å². The fourth-order valence-electron chi connectivity index (χ4n) is 2.95. The minimum absolute atomic E-state index is 0.547. The molecule has 20 heavy (non-hydrogen) atoms. The van der Waals surface area contributed by atoms with Crippen molar-refractivity contribution in [3.05, 3.63) is 0 Å². The average molecular weight is 286 g/mol. The first kappa shape index (κ1) is 19.9. The molecular weight excluding hydrogens is 246 g/mol. The van der Waals surface area contributed by atoms with E-state index in [9.17, 15) is 5.11 Å². The topological polar surface area (TPSA) is 32.3 Å². The van der Waals surface area contributed by atoms with Crippen LogP contribution in [0.1, 0.15) is 92.4 Å². The molecule has 0 aliphatic carbocycles. The van der Waals surface area contributed by atoms with Crippen molar-refractivity contribution < 1.29 is 5.11 Å². The van der Waals surface area contributed by atoms with Gasteiger partial charge >= 0.3 is 0 Å². The van der Waals surface area contributed by atoms with Gasteiger partial charge in [-0.15, -0.1) is 0 Å². The Hall–Kier alpha value is -0.0800. The maximum atomic E-state index is 10.4. The lowest BCUT2D eigenvalue weighted by Crippen LogP contribution is -2.43. The van der Waals surface area contributed by atoms with Crippen LogP contribution in [0.4, 0.5) is 0 Å². The van der Waals surface area contributed by atoms with Crippen molar-refractivity contribution in [1.82, 2.24) is 5.32 Å². The Morgan fingerprint density at radius 2 is 1.45 bits per heavy atom. The van der Waals surface area contributed by atoms with Crippen LogP contribution in [0.3, 0.4) is 0 Å². The molecule has 0 saturated heterocycles. The fourth-order valence-corrected chi connectivity index (χ4v) is 2.95. The first-order valence-electron chi connectivity index (χ1n) is 8.87. The van der Waals surface area contributed by atoms with E-state index in [2.05, 4.69) is 33.0 Å². The molecule has 0 aromatic carbocycles. The minimum atomic E-state index is -0.568. The van der Waals surface area contributed by atoms with Gasteiger partial charge < -0.3 is 10.4 Å². The quantitative estimate of drug-likeness (QED) is 0.472. The van der Waals surface area contributed by atoms with Gasteiger partial charge in [0.05, 0.1) is 5.60 Å². The third-order valence-electron chi connectivity index (χ3n) is 3.93. The normalized spacial score (nSPS) is 15.0. The first-order valence-corrected chi connectivity index (χ1v) is 8.87. The van der Waals surface area contributed by atoms with E-state index in [0.29, 0.717) is 12.0 Å². The zero-order chi connectivity index (χ0) is 15.4. The van der Waals surface area contributed by atoms with Crippen molar-refractivity contribution in [2.75, 3.05) is 6.54 Å². The molecule has 0 aliphatic heterocycles. The summed E-state index contributed by atoms with van der Waals surface area (Å²) in [5, 5.41) is 14.0. The summed E-state index contributed by atoms with van der Waals surface area (Å²) < 4.78 is 0. The molecule has 0 bridgehead atoms. The van der Waals surface area contributed by atoms with Gasteiger partial charge in [-0.1, -0.05) is 66.2 Å². The van der Waals surface area contributed by atoms with Crippen LogP contribution in [0.25, 0.3) is 0 Å². The van der Waals surface area contributed by atoms with E-state index in [4.69, 9.17) is 0 Å². The zero-order valence-corrected chi connectivity index (χ0v) is 14.7. The van der Waals surface area contributed by atoms with Gasteiger partial charge in [-0.05, 0) is 32.1 Å². The van der Waals surface area contributed by atoms with E-state index in [1.54, 1.807) is 0 Å². The van der Waals surface area contributed by atoms with Gasteiger partial charge in [-0.2, -0.15) is 0 Å². The van der Waals surface area contributed by atoms with Crippen molar-refractivity contribution in [3.63, 3.8) is 0 Å². The molecule has 0 rings (SSSR count). The lowest BCUT2D eigenvalue weighted by molar-refractivity contribution is 0.0351. The van der Waals surface area contributed by atoms with Crippen molar-refractivity contribution in [1.29, 1.82) is 0 Å². The fraction of sp³-hybridized carbons (Fsp3) is 1.00. The maximum Gasteiger partial charge on any atom is 0.0746 e. The molecule has 0 aromatic heterocycles. The molecule has 2 nitrogen and oxygen atoms in total. The number of aliphatic hydroxyl groups is 1. The predicted molar refractivity (Wildman–Crippen MR) is 90.2 cm³/mol. The van der Waals surface area contributed by atoms with Gasteiger partial charge in [0.1, 0.15) is 0 Å². The van der Waals surface area contributed by atoms with Gasteiger partial charge in [-0.25, -0.2) is 0 Å². The molecule has 2 N–H and O–H groups in total. The van der Waals surface area contributed by atoms with Crippen LogP contribution in [-0.4, -0.2) is 23.3 Å². The minimum Gasteiger partial charge on any atom is -0.389 e. The van der Waals surface area contributed by atoms with Crippen molar-refractivity contribution in [2.45, 2.75) is 104 Å². The zero-order valence-electron chi connectivity index (χ0n) is 14.7. The molecule has 1 atom stereocenters. The number of rotatable bonds is 13. The van der Waals surface area contributed by atoms with Crippen LogP contribution in [-0.2, 0) is 0 Å². The molecule has 122 valence electrons. The highest BCUT2D eigenvalue weighted by Crippen LogP contribution is 2.17. The Morgan fingerprint density at radius 1 is 0.950 bits per heavy atom. The number of hydrogen-bond donors (Lipinski definition) is 2. The van der Waals surface area contributed by atoms with Crippen LogP contribution in [0.5, 0.6) is 0 Å². The Kier molecular flexibility index (Phi) is 11.5. The monoisotopic (exact) mass is 285 g/mol. The lowest BCUT2D eigenvalue weighted by Gasteiger charge is -2.29. The van der Waals surface area contributed by atoms with E-state index in [0.717, 1.165) is 13.0 Å². The highest BCUT2D eigenvalue weighted by atomic mass is 16.3. The lowest BCUT2D eigenvalue weighted by atomic mass is 9.93. The molecule has 0 radical (unpaired) electrons. The van der Waals surface area contributed by atoms with Crippen LogP contribution in [0.15, 0.2) is 0 Å². The van der Waals surface area contributed by atoms with Gasteiger partial charge in [0.2, 0.25) is 0 Å². The second kappa shape index (κ2) is 11.6. The number of nitrogens with one attached hydrogen (secondary N) is 1. The van der Waals surface area contributed by atoms with Crippen molar-refractivity contribution in [3.8, 4) is 0 Å². The second-order valence-corrected chi connectivity index (χ2v) is 7.16. The van der Waals surface area contributed by atoms with Crippen molar-refractivity contribution in [2.24, 2.45) is 5.92 Å². The molecule has 0 aromatic rings. The first-order chi connectivity index (χ1) is 9.41. The molecule has 0 fully saturated rings. The molecule has 2 heteroatoms. The van der Waals surface area contributed by atoms with Crippen LogP contribution < -0.4 is 5.32 Å². The molecule has 0 spiro atoms. The largest absolute Gasteiger partial charge is 0.389 e.